The monoisotopic (exact) mass is 153 g/mol. The van der Waals surface area contributed by atoms with Gasteiger partial charge in [0, 0.05) is 18.1 Å². The van der Waals surface area contributed by atoms with Crippen LogP contribution in [0, 0.1) is 11.0 Å². The Labute approximate surface area is 63.8 Å². The Bertz CT molecular complexity index is 287. The minimum Gasteiger partial charge on any atom is -0.629 e. The summed E-state index contributed by atoms with van der Waals surface area (Å²) in [5.74, 6) is -0.251. The van der Waals surface area contributed by atoms with Crippen LogP contribution in [-0.2, 0) is 6.42 Å². The molecule has 1 N–H and O–H groups in total. The molecule has 1 aromatic rings. The van der Waals surface area contributed by atoms with E-state index in [0.29, 0.717) is 18.7 Å². The van der Waals surface area contributed by atoms with E-state index in [2.05, 4.69) is 0 Å². The molecule has 1 unspecified atom stereocenters. The van der Waals surface area contributed by atoms with Crippen molar-refractivity contribution in [3.8, 4) is 0 Å². The number of halogens is 1. The first kappa shape index (κ1) is 6.76. The van der Waals surface area contributed by atoms with Crippen molar-refractivity contribution in [2.75, 3.05) is 6.54 Å². The predicted octanol–water partition coefficient (Wildman–Crippen LogP) is 0.396. The fourth-order valence-corrected chi connectivity index (χ4v) is 1.42. The number of hydrogen-bond donors (Lipinski definition) is 1. The summed E-state index contributed by atoms with van der Waals surface area (Å²) in [6.45, 7) is 0.540. The molecule has 0 saturated carbocycles. The van der Waals surface area contributed by atoms with E-state index >= 15 is 0 Å². The highest BCUT2D eigenvalue weighted by Crippen LogP contribution is 2.16. The largest absolute Gasteiger partial charge is 0.629 e. The summed E-state index contributed by atoms with van der Waals surface area (Å²) in [6.07, 6.45) is 0.700. The summed E-state index contributed by atoms with van der Waals surface area (Å²) in [7, 11) is 0. The van der Waals surface area contributed by atoms with Crippen molar-refractivity contribution >= 4 is 5.69 Å². The molecule has 3 heteroatoms. The smallest absolute Gasteiger partial charge is 0.134 e. The van der Waals surface area contributed by atoms with Gasteiger partial charge in [0.05, 0.1) is 6.54 Å². The van der Waals surface area contributed by atoms with Gasteiger partial charge in [-0.2, -0.15) is 0 Å². The average molecular weight is 153 g/mol. The summed E-state index contributed by atoms with van der Waals surface area (Å²) in [5.41, 5.74) is 1.56. The number of rotatable bonds is 0. The molecule has 0 aromatic heterocycles. The van der Waals surface area contributed by atoms with E-state index in [4.69, 9.17) is 0 Å². The molecule has 0 spiro atoms. The second kappa shape index (κ2) is 2.29. The zero-order chi connectivity index (χ0) is 7.84. The fourth-order valence-electron chi connectivity index (χ4n) is 1.42. The molecule has 0 bridgehead atoms. The highest BCUT2D eigenvalue weighted by Gasteiger charge is 2.18. The Kier molecular flexibility index (Phi) is 1.41. The molecular formula is C8H8FNO. The molecular weight excluding hydrogens is 145 g/mol. The quantitative estimate of drug-likeness (QED) is 0.536. The molecule has 11 heavy (non-hydrogen) atoms. The number of hydrogen-bond acceptors (Lipinski definition) is 1. The van der Waals surface area contributed by atoms with E-state index in [1.165, 1.54) is 12.1 Å². The van der Waals surface area contributed by atoms with Crippen LogP contribution in [0.5, 0.6) is 0 Å². The van der Waals surface area contributed by atoms with Gasteiger partial charge < -0.3 is 10.3 Å². The van der Waals surface area contributed by atoms with Gasteiger partial charge in [-0.05, 0) is 12.1 Å². The number of benzene rings is 1. The number of quaternary nitrogens is 1. The van der Waals surface area contributed by atoms with Crippen LogP contribution in [0.2, 0.25) is 0 Å². The van der Waals surface area contributed by atoms with Crippen molar-refractivity contribution in [2.24, 2.45) is 0 Å². The third-order valence-electron chi connectivity index (χ3n) is 1.99. The normalized spacial score (nSPS) is 21.8. The maximum atomic E-state index is 12.6. The maximum Gasteiger partial charge on any atom is 0.134 e. The predicted molar refractivity (Wildman–Crippen MR) is 39.0 cm³/mol. The molecule has 0 radical (unpaired) electrons. The minimum absolute atomic E-state index is 0.139. The Morgan fingerprint density at radius 1 is 1.45 bits per heavy atom. The molecule has 0 fully saturated rings. The fraction of sp³-hybridized carbons (Fsp3) is 0.250. The number of fused-ring (bicyclic) bond motifs is 1. The van der Waals surface area contributed by atoms with Crippen LogP contribution < -0.4 is 5.06 Å². The van der Waals surface area contributed by atoms with Crippen LogP contribution in [0.15, 0.2) is 18.2 Å². The lowest BCUT2D eigenvalue weighted by atomic mass is 10.2. The highest BCUT2D eigenvalue weighted by atomic mass is 19.1. The third kappa shape index (κ3) is 1.02. The zero-order valence-corrected chi connectivity index (χ0v) is 5.93. The molecule has 1 aliphatic heterocycles. The van der Waals surface area contributed by atoms with Crippen LogP contribution in [-0.4, -0.2) is 6.54 Å². The summed E-state index contributed by atoms with van der Waals surface area (Å²) in [4.78, 5) is 0. The average Bonchev–Trinajstić information content (AvgIpc) is 2.32. The summed E-state index contributed by atoms with van der Waals surface area (Å²) >= 11 is 0. The maximum absolute atomic E-state index is 12.6. The Balaban J connectivity index is 2.50. The first-order chi connectivity index (χ1) is 5.27. The van der Waals surface area contributed by atoms with Crippen LogP contribution in [0.25, 0.3) is 0 Å². The topological polar surface area (TPSA) is 27.5 Å². The van der Waals surface area contributed by atoms with Gasteiger partial charge in [-0.25, -0.2) is 4.39 Å². The molecule has 1 aliphatic rings. The van der Waals surface area contributed by atoms with Crippen molar-refractivity contribution in [1.82, 2.24) is 0 Å². The van der Waals surface area contributed by atoms with E-state index in [1.807, 2.05) is 0 Å². The molecule has 0 aliphatic carbocycles. The van der Waals surface area contributed by atoms with Gasteiger partial charge in [0.2, 0.25) is 0 Å². The molecule has 58 valence electrons. The van der Waals surface area contributed by atoms with Gasteiger partial charge in [-0.1, -0.05) is 0 Å². The van der Waals surface area contributed by atoms with E-state index < -0.39 is 0 Å². The first-order valence-electron chi connectivity index (χ1n) is 3.59. The Morgan fingerprint density at radius 2 is 2.27 bits per heavy atom. The van der Waals surface area contributed by atoms with Gasteiger partial charge in [0.15, 0.2) is 0 Å². The van der Waals surface area contributed by atoms with Crippen molar-refractivity contribution in [1.29, 1.82) is 0 Å². The SMILES string of the molecule is [O-][NH+]1CCc2cc(F)ccc21. The van der Waals surface area contributed by atoms with Gasteiger partial charge in [0.1, 0.15) is 11.5 Å². The molecule has 1 heterocycles. The molecule has 2 nitrogen and oxygen atoms in total. The van der Waals surface area contributed by atoms with Crippen LogP contribution in [0.4, 0.5) is 10.1 Å². The van der Waals surface area contributed by atoms with Crippen molar-refractivity contribution < 1.29 is 9.45 Å². The minimum atomic E-state index is -0.251. The first-order valence-corrected chi connectivity index (χ1v) is 3.59. The number of nitrogens with one attached hydrogen (secondary N) is 1. The summed E-state index contributed by atoms with van der Waals surface area (Å²) in [5, 5.41) is 11.2. The lowest BCUT2D eigenvalue weighted by molar-refractivity contribution is -0.768. The molecule has 1 aromatic carbocycles. The lowest BCUT2D eigenvalue weighted by Gasteiger charge is -2.14. The van der Waals surface area contributed by atoms with E-state index in [9.17, 15) is 9.60 Å². The standard InChI is InChI=1S/C8H8FNO/c9-7-1-2-8-6(5-7)3-4-10(8)11/h1-2,5,10H,3-4H2. The van der Waals surface area contributed by atoms with Crippen molar-refractivity contribution in [3.63, 3.8) is 0 Å². The van der Waals surface area contributed by atoms with Gasteiger partial charge in [-0.3, -0.25) is 0 Å². The Hall–Kier alpha value is -0.930. The zero-order valence-electron chi connectivity index (χ0n) is 5.93. The van der Waals surface area contributed by atoms with Gasteiger partial charge in [-0.15, -0.1) is 0 Å². The van der Waals surface area contributed by atoms with E-state index in [1.54, 1.807) is 6.07 Å². The Morgan fingerprint density at radius 3 is 3.09 bits per heavy atom. The van der Waals surface area contributed by atoms with Crippen molar-refractivity contribution in [2.45, 2.75) is 6.42 Å². The highest BCUT2D eigenvalue weighted by molar-refractivity contribution is 5.42. The van der Waals surface area contributed by atoms with E-state index in [0.717, 1.165) is 5.56 Å². The van der Waals surface area contributed by atoms with Crippen LogP contribution in [0.3, 0.4) is 0 Å². The van der Waals surface area contributed by atoms with Crippen molar-refractivity contribution in [3.05, 3.63) is 34.8 Å². The summed E-state index contributed by atoms with van der Waals surface area (Å²) in [6, 6.07) is 4.35. The van der Waals surface area contributed by atoms with Gasteiger partial charge in [0.25, 0.3) is 0 Å². The second-order valence-electron chi connectivity index (χ2n) is 2.72. The molecule has 2 rings (SSSR count). The van der Waals surface area contributed by atoms with Gasteiger partial charge >= 0.3 is 0 Å². The second-order valence-corrected chi connectivity index (χ2v) is 2.72. The lowest BCUT2D eigenvalue weighted by Crippen LogP contribution is -3.00. The molecule has 0 saturated heterocycles. The third-order valence-corrected chi connectivity index (χ3v) is 1.99. The number of hydroxylamine groups is 1. The molecule has 0 amide bonds. The van der Waals surface area contributed by atoms with Crippen LogP contribution in [0.1, 0.15) is 5.56 Å². The summed E-state index contributed by atoms with van der Waals surface area (Å²) < 4.78 is 12.6. The molecule has 1 atom stereocenters. The van der Waals surface area contributed by atoms with Crippen LogP contribution >= 0.6 is 0 Å². The van der Waals surface area contributed by atoms with E-state index in [-0.39, 0.29) is 10.9 Å².